The maximum atomic E-state index is 11.1. The van der Waals surface area contributed by atoms with Crippen molar-refractivity contribution in [1.29, 1.82) is 0 Å². The van der Waals surface area contributed by atoms with Gasteiger partial charge < -0.3 is 0 Å². The molecule has 4 atom stereocenters. The molecule has 3 unspecified atom stereocenters. The van der Waals surface area contributed by atoms with Crippen LogP contribution < -0.4 is 0 Å². The van der Waals surface area contributed by atoms with Crippen LogP contribution in [0.15, 0.2) is 23.4 Å². The van der Waals surface area contributed by atoms with Crippen molar-refractivity contribution in [2.75, 3.05) is 13.1 Å². The number of hydrogen-bond donors (Lipinski definition) is 0. The van der Waals surface area contributed by atoms with Gasteiger partial charge in [0.05, 0.1) is 0 Å². The molecule has 1 aromatic carbocycles. The van der Waals surface area contributed by atoms with Gasteiger partial charge in [-0.05, 0) is 77.8 Å². The first-order valence-corrected chi connectivity index (χ1v) is 9.26. The molecule has 0 N–H and O–H groups in total. The molecule has 23 heavy (non-hydrogen) atoms. The lowest BCUT2D eigenvalue weighted by Gasteiger charge is -2.38. The zero-order valence-electron chi connectivity index (χ0n) is 14.2. The van der Waals surface area contributed by atoms with Crippen molar-refractivity contribution >= 4 is 5.69 Å². The second-order valence-electron chi connectivity index (χ2n) is 9.07. The van der Waals surface area contributed by atoms with Crippen LogP contribution in [0, 0.1) is 22.2 Å². The van der Waals surface area contributed by atoms with Crippen molar-refractivity contribution in [3.8, 4) is 0 Å². The van der Waals surface area contributed by atoms with Gasteiger partial charge in [0.15, 0.2) is 0 Å². The van der Waals surface area contributed by atoms with Crippen LogP contribution in [0.1, 0.15) is 50.7 Å². The second-order valence-corrected chi connectivity index (χ2v) is 9.07. The Labute approximate surface area is 138 Å². The molecule has 1 aromatic rings. The molecule has 5 rings (SSSR count). The Morgan fingerprint density at radius 3 is 2.87 bits per heavy atom. The monoisotopic (exact) mass is 310 g/mol. The minimum atomic E-state index is 0.261. The van der Waals surface area contributed by atoms with E-state index in [1.807, 2.05) is 6.07 Å². The summed E-state index contributed by atoms with van der Waals surface area (Å²) in [5, 5.41) is 3.23. The number of fused-ring (bicyclic) bond motifs is 1. The summed E-state index contributed by atoms with van der Waals surface area (Å²) in [4.78, 5) is 13.9. The van der Waals surface area contributed by atoms with E-state index in [-0.39, 0.29) is 5.41 Å². The molecule has 3 fully saturated rings. The van der Waals surface area contributed by atoms with Crippen molar-refractivity contribution < 1.29 is 0 Å². The van der Waals surface area contributed by atoms with Crippen LogP contribution in [0.2, 0.25) is 0 Å². The van der Waals surface area contributed by atoms with Crippen molar-refractivity contribution in [2.24, 2.45) is 22.4 Å². The van der Waals surface area contributed by atoms with Crippen molar-refractivity contribution in [3.05, 3.63) is 34.2 Å². The molecule has 3 heteroatoms. The van der Waals surface area contributed by atoms with Gasteiger partial charge in [-0.1, -0.05) is 19.9 Å². The fourth-order valence-electron chi connectivity index (χ4n) is 6.60. The van der Waals surface area contributed by atoms with Crippen LogP contribution in [0.4, 0.5) is 5.69 Å². The first kappa shape index (κ1) is 14.2. The maximum absolute atomic E-state index is 11.1. The lowest BCUT2D eigenvalue weighted by atomic mass is 9.64. The Kier molecular flexibility index (Phi) is 2.73. The minimum absolute atomic E-state index is 0.261. The van der Waals surface area contributed by atoms with Crippen LogP contribution in [0.3, 0.4) is 0 Å². The van der Waals surface area contributed by atoms with E-state index in [1.54, 1.807) is 0 Å². The highest BCUT2D eigenvalue weighted by Gasteiger charge is 2.67. The molecule has 1 spiro atoms. The summed E-state index contributed by atoms with van der Waals surface area (Å²) in [6, 6.07) is 6.86. The molecule has 2 saturated carbocycles. The van der Waals surface area contributed by atoms with Gasteiger partial charge >= 0.3 is 0 Å². The SMILES string of the molecule is C[C@H]1CC2(C)CN(CC3CC3)C3Cc4ccc(N=O)cc4C32C1. The Morgan fingerprint density at radius 2 is 2.13 bits per heavy atom. The Morgan fingerprint density at radius 1 is 1.30 bits per heavy atom. The van der Waals surface area contributed by atoms with Gasteiger partial charge in [-0.2, -0.15) is 0 Å². The van der Waals surface area contributed by atoms with Crippen LogP contribution in [-0.2, 0) is 11.8 Å². The highest BCUT2D eigenvalue weighted by atomic mass is 16.3. The Hall–Kier alpha value is -1.22. The third-order valence-electron chi connectivity index (χ3n) is 7.39. The summed E-state index contributed by atoms with van der Waals surface area (Å²) < 4.78 is 0. The van der Waals surface area contributed by atoms with E-state index in [9.17, 15) is 4.91 Å². The zero-order valence-corrected chi connectivity index (χ0v) is 14.2. The van der Waals surface area contributed by atoms with Crippen LogP contribution in [-0.4, -0.2) is 24.0 Å². The maximum Gasteiger partial charge on any atom is 0.108 e. The van der Waals surface area contributed by atoms with Gasteiger partial charge in [0.1, 0.15) is 5.69 Å². The molecule has 0 bridgehead atoms. The molecular formula is C20H26N2O. The molecule has 0 aromatic heterocycles. The van der Waals surface area contributed by atoms with E-state index in [2.05, 4.69) is 36.1 Å². The summed E-state index contributed by atoms with van der Waals surface area (Å²) in [7, 11) is 0. The van der Waals surface area contributed by atoms with Gasteiger partial charge in [0.2, 0.25) is 0 Å². The predicted octanol–water partition coefficient (Wildman–Crippen LogP) is 4.41. The number of nitroso groups, excluding NO2 is 1. The second kappa shape index (κ2) is 4.44. The average Bonchev–Trinajstić information content (AvgIpc) is 3.16. The van der Waals surface area contributed by atoms with Crippen LogP contribution in [0.5, 0.6) is 0 Å². The molecule has 1 saturated heterocycles. The standard InChI is InChI=1S/C20H26N2O/c1-13-9-19(2)12-22(11-14-3-4-14)18-7-15-5-6-16(21-23)8-17(15)20(18,19)10-13/h5-6,8,13-14,18H,3-4,7,9-12H2,1-2H3/t13-,18?,19?,20?/m0/s1. The summed E-state index contributed by atoms with van der Waals surface area (Å²) in [6.45, 7) is 7.48. The van der Waals surface area contributed by atoms with Crippen LogP contribution in [0.25, 0.3) is 0 Å². The van der Waals surface area contributed by atoms with Crippen molar-refractivity contribution in [3.63, 3.8) is 0 Å². The molecule has 0 amide bonds. The summed E-state index contributed by atoms with van der Waals surface area (Å²) in [5.74, 6) is 1.73. The molecular weight excluding hydrogens is 284 g/mol. The van der Waals surface area contributed by atoms with Gasteiger partial charge in [-0.15, -0.1) is 4.91 Å². The van der Waals surface area contributed by atoms with E-state index in [0.717, 1.165) is 11.8 Å². The molecule has 0 radical (unpaired) electrons. The highest BCUT2D eigenvalue weighted by molar-refractivity contribution is 5.54. The smallest absolute Gasteiger partial charge is 0.108 e. The fourth-order valence-corrected chi connectivity index (χ4v) is 6.60. The topological polar surface area (TPSA) is 32.7 Å². The van der Waals surface area contributed by atoms with E-state index in [1.165, 1.54) is 56.3 Å². The minimum Gasteiger partial charge on any atom is -0.298 e. The van der Waals surface area contributed by atoms with Gasteiger partial charge in [-0.25, -0.2) is 0 Å². The zero-order chi connectivity index (χ0) is 15.8. The molecule has 1 aliphatic heterocycles. The van der Waals surface area contributed by atoms with E-state index < -0.39 is 0 Å². The lowest BCUT2D eigenvalue weighted by molar-refractivity contribution is 0.200. The number of nitrogens with zero attached hydrogens (tertiary/aromatic N) is 2. The fraction of sp³-hybridized carbons (Fsp3) is 0.700. The van der Waals surface area contributed by atoms with Gasteiger partial charge in [-0.3, -0.25) is 4.90 Å². The molecule has 122 valence electrons. The van der Waals surface area contributed by atoms with Crippen LogP contribution >= 0.6 is 0 Å². The van der Waals surface area contributed by atoms with Gasteiger partial charge in [0.25, 0.3) is 0 Å². The predicted molar refractivity (Wildman–Crippen MR) is 91.9 cm³/mol. The third kappa shape index (κ3) is 1.75. The summed E-state index contributed by atoms with van der Waals surface area (Å²) >= 11 is 0. The number of rotatable bonds is 3. The Balaban J connectivity index is 1.64. The molecule has 3 aliphatic carbocycles. The summed E-state index contributed by atoms with van der Waals surface area (Å²) in [6.07, 6.45) is 6.63. The largest absolute Gasteiger partial charge is 0.298 e. The number of hydrogen-bond acceptors (Lipinski definition) is 3. The summed E-state index contributed by atoms with van der Waals surface area (Å²) in [5.41, 5.74) is 4.17. The highest BCUT2D eigenvalue weighted by Crippen LogP contribution is 2.67. The number of likely N-dealkylation sites (tertiary alicyclic amines) is 1. The lowest BCUT2D eigenvalue weighted by Crippen LogP contribution is -2.43. The van der Waals surface area contributed by atoms with E-state index in [4.69, 9.17) is 0 Å². The van der Waals surface area contributed by atoms with Crippen molar-refractivity contribution in [1.82, 2.24) is 4.90 Å². The van der Waals surface area contributed by atoms with E-state index >= 15 is 0 Å². The van der Waals surface area contributed by atoms with Gasteiger partial charge in [0, 0.05) is 24.5 Å². The molecule has 3 nitrogen and oxygen atoms in total. The first-order valence-electron chi connectivity index (χ1n) is 9.26. The quantitative estimate of drug-likeness (QED) is 0.775. The van der Waals surface area contributed by atoms with E-state index in [0.29, 0.717) is 17.1 Å². The average molecular weight is 310 g/mol. The molecule has 4 aliphatic rings. The first-order chi connectivity index (χ1) is 11.1. The molecule has 1 heterocycles. The van der Waals surface area contributed by atoms with Crippen molar-refractivity contribution in [2.45, 2.75) is 57.4 Å². The number of benzene rings is 1. The Bertz CT molecular complexity index is 682. The normalized spacial score (nSPS) is 41.7. The third-order valence-corrected chi connectivity index (χ3v) is 7.39.